The van der Waals surface area contributed by atoms with Gasteiger partial charge in [0.1, 0.15) is 35.2 Å². The van der Waals surface area contributed by atoms with E-state index >= 15 is 0 Å². The van der Waals surface area contributed by atoms with Crippen LogP contribution in [0.1, 0.15) is 95.8 Å². The van der Waals surface area contributed by atoms with Crippen molar-refractivity contribution >= 4 is 34.9 Å². The minimum absolute atomic E-state index is 0.135. The monoisotopic (exact) mass is 925 g/mol. The molecule has 4 amide bonds. The first kappa shape index (κ1) is 45.8. The summed E-state index contributed by atoms with van der Waals surface area (Å²) >= 11 is 0. The summed E-state index contributed by atoms with van der Waals surface area (Å²) in [5.41, 5.74) is 7.21. The Bertz CT molecular complexity index is 2850. The van der Waals surface area contributed by atoms with Gasteiger partial charge in [0.25, 0.3) is 0 Å². The number of imidazole rings is 2. The van der Waals surface area contributed by atoms with E-state index in [1.54, 1.807) is 11.1 Å². The molecule has 3 aliphatic heterocycles. The number of aromatic amines is 2. The van der Waals surface area contributed by atoms with Gasteiger partial charge >= 0.3 is 12.2 Å². The lowest BCUT2D eigenvalue weighted by molar-refractivity contribution is -0.136. The van der Waals surface area contributed by atoms with E-state index in [0.29, 0.717) is 37.1 Å². The molecule has 3 aromatic heterocycles. The average Bonchev–Trinajstić information content (AvgIpc) is 4.20. The summed E-state index contributed by atoms with van der Waals surface area (Å²) in [6.07, 6.45) is 4.91. The molecule has 0 saturated carbocycles. The summed E-state index contributed by atoms with van der Waals surface area (Å²) in [6, 6.07) is 20.7. The lowest BCUT2D eigenvalue weighted by atomic mass is 10.0. The van der Waals surface area contributed by atoms with Crippen molar-refractivity contribution in [2.75, 3.05) is 33.9 Å². The van der Waals surface area contributed by atoms with Gasteiger partial charge < -0.3 is 53.9 Å². The van der Waals surface area contributed by atoms with Crippen LogP contribution < -0.4 is 20.1 Å². The topological polar surface area (TPSA) is 198 Å². The molecule has 6 aromatic rings. The summed E-state index contributed by atoms with van der Waals surface area (Å²) in [5.74, 6) is 2.22. The number of hydrogen-bond acceptors (Lipinski definition) is 10. The molecule has 17 heteroatoms. The quantitative estimate of drug-likeness (QED) is 0.0871. The summed E-state index contributed by atoms with van der Waals surface area (Å²) < 4.78 is 24.8. The zero-order valence-electron chi connectivity index (χ0n) is 39.5. The number of fused-ring (bicyclic) bond motifs is 5. The zero-order valence-corrected chi connectivity index (χ0v) is 39.5. The van der Waals surface area contributed by atoms with Crippen molar-refractivity contribution in [1.29, 1.82) is 0 Å². The minimum atomic E-state index is -0.729. The average molecular weight is 926 g/mol. The fourth-order valence-corrected chi connectivity index (χ4v) is 9.87. The van der Waals surface area contributed by atoms with Crippen molar-refractivity contribution in [3.05, 3.63) is 96.3 Å². The number of likely N-dealkylation sites (tertiary alicyclic amines) is 2. The van der Waals surface area contributed by atoms with Crippen LogP contribution in [0, 0.1) is 11.8 Å². The van der Waals surface area contributed by atoms with Crippen LogP contribution >= 0.6 is 0 Å². The lowest BCUT2D eigenvalue weighted by Crippen LogP contribution is -2.51. The van der Waals surface area contributed by atoms with Gasteiger partial charge in [-0.25, -0.2) is 19.6 Å². The van der Waals surface area contributed by atoms with E-state index < -0.39 is 30.5 Å². The second-order valence-electron chi connectivity index (χ2n) is 18.3. The Morgan fingerprint density at radius 2 is 1.32 bits per heavy atom. The lowest BCUT2D eigenvalue weighted by Gasteiger charge is -2.31. The number of ether oxygens (including phenoxy) is 4. The largest absolute Gasteiger partial charge is 0.494 e. The second-order valence-corrected chi connectivity index (χ2v) is 18.3. The fraction of sp³-hybridized carbons (Fsp3) is 0.412. The minimum Gasteiger partial charge on any atom is -0.494 e. The van der Waals surface area contributed by atoms with Gasteiger partial charge in [-0.2, -0.15) is 0 Å². The van der Waals surface area contributed by atoms with E-state index in [1.807, 2.05) is 82.1 Å². The van der Waals surface area contributed by atoms with E-state index in [9.17, 15) is 19.2 Å². The molecule has 68 heavy (non-hydrogen) atoms. The highest BCUT2D eigenvalue weighted by Crippen LogP contribution is 2.46. The molecule has 0 aliphatic carbocycles. The van der Waals surface area contributed by atoms with Crippen LogP contribution in [0.15, 0.2) is 79.1 Å². The van der Waals surface area contributed by atoms with Gasteiger partial charge in [0.05, 0.1) is 67.9 Å². The zero-order chi connectivity index (χ0) is 47.8. The van der Waals surface area contributed by atoms with Crippen LogP contribution in [-0.2, 0) is 19.1 Å². The number of rotatable bonds is 13. The number of alkyl carbamates (subject to hydrolysis) is 2. The van der Waals surface area contributed by atoms with Crippen LogP contribution in [0.25, 0.3) is 44.7 Å². The molecule has 9 rings (SSSR count). The molecule has 6 heterocycles. The molecule has 3 aliphatic rings. The summed E-state index contributed by atoms with van der Waals surface area (Å²) in [4.78, 5) is 72.1. The number of carbonyl (C=O) groups is 4. The van der Waals surface area contributed by atoms with E-state index in [1.165, 1.54) is 14.2 Å². The Morgan fingerprint density at radius 1 is 0.750 bits per heavy atom. The highest BCUT2D eigenvalue weighted by Gasteiger charge is 2.39. The van der Waals surface area contributed by atoms with Crippen LogP contribution in [0.4, 0.5) is 9.59 Å². The van der Waals surface area contributed by atoms with Crippen molar-refractivity contribution < 1.29 is 38.1 Å². The first-order chi connectivity index (χ1) is 32.9. The fourth-order valence-electron chi connectivity index (χ4n) is 9.87. The molecule has 0 radical (unpaired) electrons. The predicted molar refractivity (Wildman–Crippen MR) is 255 cm³/mol. The van der Waals surface area contributed by atoms with E-state index in [2.05, 4.69) is 55.5 Å². The van der Waals surface area contributed by atoms with Crippen LogP contribution in [0.3, 0.4) is 0 Å². The van der Waals surface area contributed by atoms with E-state index in [0.717, 1.165) is 81.7 Å². The Kier molecular flexibility index (Phi) is 12.9. The third-order valence-electron chi connectivity index (χ3n) is 13.3. The number of nitrogens with one attached hydrogen (secondary N) is 4. The number of H-pyrrole nitrogens is 2. The highest BCUT2D eigenvalue weighted by atomic mass is 16.5. The first-order valence-corrected chi connectivity index (χ1v) is 23.5. The van der Waals surface area contributed by atoms with Crippen molar-refractivity contribution in [3.63, 3.8) is 0 Å². The Balaban J connectivity index is 1.03. The molecule has 3 aromatic carbocycles. The molecule has 0 spiro atoms. The normalized spacial score (nSPS) is 18.5. The number of methoxy groups -OCH3 is 2. The molecule has 4 N–H and O–H groups in total. The molecule has 1 unspecified atom stereocenters. The number of benzene rings is 3. The molecule has 17 nitrogen and oxygen atoms in total. The van der Waals surface area contributed by atoms with Crippen LogP contribution in [0.2, 0.25) is 0 Å². The van der Waals surface area contributed by atoms with E-state index in [-0.39, 0.29) is 35.7 Å². The highest BCUT2D eigenvalue weighted by molar-refractivity contribution is 5.93. The molecular weight excluding hydrogens is 867 g/mol. The SMILES string of the molecule is CCOc1cccc(C2Oc3cc(-c4cnc([C@@H]5CCCN5C(=O)[C@@H](NC(=O)OC)C(C)C)[nH]4)ccc3-c3cc4cc(-c5cnc([C@@H]6CCCN6C(=O)[C@@H](NC(=O)OC)C(C)C)[nH]5)ccc4n32)c1. The van der Waals surface area contributed by atoms with Crippen molar-refractivity contribution in [1.82, 2.24) is 44.9 Å². The maximum absolute atomic E-state index is 13.8. The molecule has 0 bridgehead atoms. The maximum atomic E-state index is 13.8. The van der Waals surface area contributed by atoms with Gasteiger partial charge in [-0.05, 0) is 86.9 Å². The summed E-state index contributed by atoms with van der Waals surface area (Å²) in [6.45, 7) is 11.2. The summed E-state index contributed by atoms with van der Waals surface area (Å²) in [5, 5.41) is 6.44. The van der Waals surface area contributed by atoms with Gasteiger partial charge in [0, 0.05) is 40.7 Å². The molecule has 2 saturated heterocycles. The number of nitrogens with zero attached hydrogens (tertiary/aromatic N) is 5. The standard InChI is InChI=1S/C51H59N9O8/c1-8-67-34-13-9-12-32(23-34)49-60-38-19-17-30(36-26-52-45(54-36)39-14-10-20-58(39)47(61)43(28(2)3)56-50(63)65-6)22-33(38)24-41(60)35-18-16-31(25-42(35)68-49)37-27-53-46(55-37)40-15-11-21-59(40)48(62)44(29(4)5)57-51(64)66-7/h9,12-13,16-19,22-29,39-40,43-44,49H,8,10-11,14-15,20-21H2,1-7H3,(H,52,54)(H,53,55)(H,56,63)(H,57,64)/t39-,40-,43-,44-,49?/m0/s1. The van der Waals surface area contributed by atoms with Gasteiger partial charge in [0.2, 0.25) is 18.0 Å². The molecule has 5 atom stereocenters. The number of hydrogen-bond donors (Lipinski definition) is 4. The summed E-state index contributed by atoms with van der Waals surface area (Å²) in [7, 11) is 2.58. The van der Waals surface area contributed by atoms with Gasteiger partial charge in [-0.1, -0.05) is 52.0 Å². The van der Waals surface area contributed by atoms with Gasteiger partial charge in [-0.15, -0.1) is 0 Å². The Hall–Kier alpha value is -7.30. The molecular formula is C51H59N9O8. The van der Waals surface area contributed by atoms with Gasteiger partial charge in [0.15, 0.2) is 0 Å². The second kappa shape index (κ2) is 19.1. The van der Waals surface area contributed by atoms with E-state index in [4.69, 9.17) is 28.9 Å². The molecule has 356 valence electrons. The van der Waals surface area contributed by atoms with Crippen molar-refractivity contribution in [2.24, 2.45) is 11.8 Å². The van der Waals surface area contributed by atoms with Crippen LogP contribution in [-0.4, -0.2) is 104 Å². The Morgan fingerprint density at radius 3 is 1.88 bits per heavy atom. The van der Waals surface area contributed by atoms with Crippen molar-refractivity contribution in [2.45, 2.75) is 90.7 Å². The van der Waals surface area contributed by atoms with Crippen molar-refractivity contribution in [3.8, 4) is 45.3 Å². The third-order valence-corrected chi connectivity index (χ3v) is 13.3. The number of carbonyl (C=O) groups excluding carboxylic acids is 4. The smallest absolute Gasteiger partial charge is 0.407 e. The van der Waals surface area contributed by atoms with Crippen LogP contribution in [0.5, 0.6) is 11.5 Å². The Labute approximate surface area is 394 Å². The molecule has 2 fully saturated rings. The maximum Gasteiger partial charge on any atom is 0.407 e. The predicted octanol–water partition coefficient (Wildman–Crippen LogP) is 8.51. The third kappa shape index (κ3) is 8.72. The first-order valence-electron chi connectivity index (χ1n) is 23.5. The van der Waals surface area contributed by atoms with Gasteiger partial charge in [-0.3, -0.25) is 9.59 Å². The number of amides is 4. The number of aromatic nitrogens is 5.